The van der Waals surface area contributed by atoms with E-state index in [1.807, 2.05) is 6.92 Å². The number of hydrogen-bond acceptors (Lipinski definition) is 4. The van der Waals surface area contributed by atoms with Crippen LogP contribution in [0.2, 0.25) is 0 Å². The first-order valence-corrected chi connectivity index (χ1v) is 7.17. The summed E-state index contributed by atoms with van der Waals surface area (Å²) in [5, 5.41) is 13.0. The van der Waals surface area contributed by atoms with Crippen molar-refractivity contribution in [1.82, 2.24) is 15.5 Å². The third-order valence-electron chi connectivity index (χ3n) is 2.65. The van der Waals surface area contributed by atoms with Gasteiger partial charge in [-0.1, -0.05) is 36.8 Å². The summed E-state index contributed by atoms with van der Waals surface area (Å²) < 4.78 is 13.7. The van der Waals surface area contributed by atoms with Crippen LogP contribution in [0.4, 0.5) is 4.39 Å². The summed E-state index contributed by atoms with van der Waals surface area (Å²) in [6.45, 7) is 7.87. The van der Waals surface area contributed by atoms with Gasteiger partial charge in [-0.2, -0.15) is 0 Å². The Balaban J connectivity index is 2.10. The molecule has 1 aromatic carbocycles. The Labute approximate surface area is 116 Å². The van der Waals surface area contributed by atoms with Crippen LogP contribution in [0.5, 0.6) is 0 Å². The van der Waals surface area contributed by atoms with Gasteiger partial charge in [-0.25, -0.2) is 4.39 Å². The highest BCUT2D eigenvalue weighted by atomic mass is 32.1. The molecule has 0 amide bonds. The van der Waals surface area contributed by atoms with Crippen molar-refractivity contribution in [3.63, 3.8) is 0 Å². The maximum atomic E-state index is 13.7. The Bertz CT molecular complexity index is 551. The largest absolute Gasteiger partial charge is 0.310 e. The molecule has 0 radical (unpaired) electrons. The second-order valence-electron chi connectivity index (χ2n) is 5.01. The summed E-state index contributed by atoms with van der Waals surface area (Å²) in [6.07, 6.45) is 0. The van der Waals surface area contributed by atoms with Gasteiger partial charge in [0.05, 0.1) is 0 Å². The molecule has 0 saturated carbocycles. The fourth-order valence-corrected chi connectivity index (χ4v) is 2.53. The van der Waals surface area contributed by atoms with E-state index in [4.69, 9.17) is 0 Å². The highest BCUT2D eigenvalue weighted by Gasteiger charge is 2.11. The van der Waals surface area contributed by atoms with Crippen molar-refractivity contribution in [2.45, 2.75) is 27.3 Å². The summed E-state index contributed by atoms with van der Waals surface area (Å²) in [6, 6.07) is 5.04. The van der Waals surface area contributed by atoms with Crippen LogP contribution in [0.25, 0.3) is 10.6 Å². The summed E-state index contributed by atoms with van der Waals surface area (Å²) in [5.41, 5.74) is 1.55. The fraction of sp³-hybridized carbons (Fsp3) is 0.429. The molecule has 3 nitrogen and oxygen atoms in total. The van der Waals surface area contributed by atoms with E-state index in [1.54, 1.807) is 12.1 Å². The lowest BCUT2D eigenvalue weighted by Crippen LogP contribution is -2.18. The maximum absolute atomic E-state index is 13.7. The third-order valence-corrected chi connectivity index (χ3v) is 3.60. The van der Waals surface area contributed by atoms with Crippen LogP contribution in [0.15, 0.2) is 18.2 Å². The molecule has 0 unspecified atom stereocenters. The Hall–Kier alpha value is -1.33. The first-order valence-electron chi connectivity index (χ1n) is 6.36. The molecule has 2 rings (SSSR count). The van der Waals surface area contributed by atoms with Gasteiger partial charge >= 0.3 is 0 Å². The monoisotopic (exact) mass is 279 g/mol. The Morgan fingerprint density at radius 3 is 2.84 bits per heavy atom. The average molecular weight is 279 g/mol. The number of benzene rings is 1. The Kier molecular flexibility index (Phi) is 4.61. The van der Waals surface area contributed by atoms with E-state index in [0.717, 1.165) is 17.1 Å². The van der Waals surface area contributed by atoms with Crippen LogP contribution in [0, 0.1) is 18.7 Å². The Morgan fingerprint density at radius 1 is 1.32 bits per heavy atom. The lowest BCUT2D eigenvalue weighted by Gasteiger charge is -2.04. The Morgan fingerprint density at radius 2 is 2.11 bits per heavy atom. The molecular formula is C14H18FN3S. The van der Waals surface area contributed by atoms with E-state index in [9.17, 15) is 4.39 Å². The topological polar surface area (TPSA) is 37.8 Å². The zero-order valence-electron chi connectivity index (χ0n) is 11.4. The van der Waals surface area contributed by atoms with Crippen molar-refractivity contribution < 1.29 is 4.39 Å². The third kappa shape index (κ3) is 3.81. The number of hydrogen-bond donors (Lipinski definition) is 1. The van der Waals surface area contributed by atoms with Crippen molar-refractivity contribution in [1.29, 1.82) is 0 Å². The van der Waals surface area contributed by atoms with Gasteiger partial charge in [0, 0.05) is 12.1 Å². The number of aryl methyl sites for hydroxylation is 1. The second-order valence-corrected chi connectivity index (χ2v) is 6.07. The molecule has 1 aromatic heterocycles. The molecule has 0 atom stereocenters. The van der Waals surface area contributed by atoms with Gasteiger partial charge in [0.15, 0.2) is 5.01 Å². The molecule has 19 heavy (non-hydrogen) atoms. The molecule has 1 N–H and O–H groups in total. The molecule has 1 heterocycles. The molecule has 0 bridgehead atoms. The second kappa shape index (κ2) is 6.21. The normalized spacial score (nSPS) is 11.2. The lowest BCUT2D eigenvalue weighted by molar-refractivity contribution is 0.550. The number of nitrogens with zero attached hydrogens (tertiary/aromatic N) is 2. The van der Waals surface area contributed by atoms with Crippen molar-refractivity contribution in [3.8, 4) is 10.6 Å². The SMILES string of the molecule is Cc1ccc(F)c(-c2nnc(CNCC(C)C)s2)c1. The molecule has 0 spiro atoms. The molecule has 0 saturated heterocycles. The number of rotatable bonds is 5. The predicted molar refractivity (Wildman–Crippen MR) is 76.6 cm³/mol. The van der Waals surface area contributed by atoms with Gasteiger partial charge in [-0.15, -0.1) is 10.2 Å². The summed E-state index contributed by atoms with van der Waals surface area (Å²) in [7, 11) is 0. The molecule has 0 aliphatic rings. The predicted octanol–water partition coefficient (Wildman–Crippen LogP) is 3.40. The molecule has 2 aromatic rings. The van der Waals surface area contributed by atoms with E-state index < -0.39 is 0 Å². The first kappa shape index (κ1) is 14.1. The van der Waals surface area contributed by atoms with E-state index in [0.29, 0.717) is 23.0 Å². The molecule has 0 aliphatic carbocycles. The van der Waals surface area contributed by atoms with Crippen LogP contribution >= 0.6 is 11.3 Å². The van der Waals surface area contributed by atoms with Gasteiger partial charge in [-0.3, -0.25) is 0 Å². The van der Waals surface area contributed by atoms with Crippen molar-refractivity contribution in [2.24, 2.45) is 5.92 Å². The van der Waals surface area contributed by atoms with Gasteiger partial charge in [-0.05, 0) is 31.5 Å². The molecule has 0 fully saturated rings. The molecule has 0 aliphatic heterocycles. The van der Waals surface area contributed by atoms with E-state index in [2.05, 4.69) is 29.4 Å². The minimum Gasteiger partial charge on any atom is -0.310 e. The van der Waals surface area contributed by atoms with Crippen LogP contribution < -0.4 is 5.32 Å². The summed E-state index contributed by atoms with van der Waals surface area (Å²) >= 11 is 1.44. The maximum Gasteiger partial charge on any atom is 0.150 e. The fourth-order valence-electron chi connectivity index (χ4n) is 1.70. The van der Waals surface area contributed by atoms with Crippen LogP contribution in [-0.2, 0) is 6.54 Å². The van der Waals surface area contributed by atoms with E-state index in [-0.39, 0.29) is 5.82 Å². The van der Waals surface area contributed by atoms with E-state index >= 15 is 0 Å². The molecule has 102 valence electrons. The van der Waals surface area contributed by atoms with Crippen LogP contribution in [0.3, 0.4) is 0 Å². The standard InChI is InChI=1S/C14H18FN3S/c1-9(2)7-16-8-13-17-18-14(19-13)11-6-10(3)4-5-12(11)15/h4-6,9,16H,7-8H2,1-3H3. The lowest BCUT2D eigenvalue weighted by atomic mass is 10.1. The first-order chi connectivity index (χ1) is 9.06. The number of nitrogens with one attached hydrogen (secondary N) is 1. The average Bonchev–Trinajstić information content (AvgIpc) is 2.80. The quantitative estimate of drug-likeness (QED) is 0.911. The van der Waals surface area contributed by atoms with Gasteiger partial charge in [0.1, 0.15) is 10.8 Å². The zero-order chi connectivity index (χ0) is 13.8. The molecular weight excluding hydrogens is 261 g/mol. The highest BCUT2D eigenvalue weighted by Crippen LogP contribution is 2.26. The van der Waals surface area contributed by atoms with Gasteiger partial charge in [0.2, 0.25) is 0 Å². The minimum atomic E-state index is -0.247. The van der Waals surface area contributed by atoms with Crippen molar-refractivity contribution >= 4 is 11.3 Å². The van der Waals surface area contributed by atoms with Gasteiger partial charge < -0.3 is 5.32 Å². The minimum absolute atomic E-state index is 0.247. The smallest absolute Gasteiger partial charge is 0.150 e. The van der Waals surface area contributed by atoms with Crippen molar-refractivity contribution in [2.75, 3.05) is 6.54 Å². The van der Waals surface area contributed by atoms with E-state index in [1.165, 1.54) is 17.4 Å². The van der Waals surface area contributed by atoms with Crippen LogP contribution in [0.1, 0.15) is 24.4 Å². The zero-order valence-corrected chi connectivity index (χ0v) is 12.2. The van der Waals surface area contributed by atoms with Crippen molar-refractivity contribution in [3.05, 3.63) is 34.6 Å². The highest BCUT2D eigenvalue weighted by molar-refractivity contribution is 7.14. The summed E-state index contributed by atoms with van der Waals surface area (Å²) in [5.74, 6) is 0.352. The van der Waals surface area contributed by atoms with Gasteiger partial charge in [0.25, 0.3) is 0 Å². The summed E-state index contributed by atoms with van der Waals surface area (Å²) in [4.78, 5) is 0. The number of aromatic nitrogens is 2. The van der Waals surface area contributed by atoms with Crippen LogP contribution in [-0.4, -0.2) is 16.7 Å². The molecule has 5 heteroatoms. The number of halogens is 1.